The van der Waals surface area contributed by atoms with Crippen molar-refractivity contribution in [3.05, 3.63) is 24.5 Å². The van der Waals surface area contributed by atoms with Gasteiger partial charge in [0.25, 0.3) is 0 Å². The molecule has 0 radical (unpaired) electrons. The van der Waals surface area contributed by atoms with Gasteiger partial charge in [-0.2, -0.15) is 10.1 Å². The highest BCUT2D eigenvalue weighted by atomic mass is 16.5. The van der Waals surface area contributed by atoms with Crippen molar-refractivity contribution >= 4 is 5.65 Å². The van der Waals surface area contributed by atoms with Crippen LogP contribution >= 0.6 is 0 Å². The minimum absolute atomic E-state index is 0.687. The van der Waals surface area contributed by atoms with Crippen LogP contribution in [-0.2, 0) is 0 Å². The van der Waals surface area contributed by atoms with Crippen molar-refractivity contribution in [3.63, 3.8) is 0 Å². The summed E-state index contributed by atoms with van der Waals surface area (Å²) in [5.74, 6) is 1.43. The Labute approximate surface area is 106 Å². The average molecular weight is 246 g/mol. The Morgan fingerprint density at radius 3 is 3.33 bits per heavy atom. The van der Waals surface area contributed by atoms with Crippen LogP contribution in [-0.4, -0.2) is 34.3 Å². The minimum Gasteiger partial charge on any atom is -0.478 e. The fourth-order valence-electron chi connectivity index (χ4n) is 2.38. The lowest BCUT2D eigenvalue weighted by atomic mass is 9.97. The summed E-state index contributed by atoms with van der Waals surface area (Å²) in [7, 11) is 0. The fourth-order valence-corrected chi connectivity index (χ4v) is 2.38. The van der Waals surface area contributed by atoms with Crippen LogP contribution in [0.5, 0.6) is 5.88 Å². The van der Waals surface area contributed by atoms with Gasteiger partial charge in [-0.3, -0.25) is 0 Å². The summed E-state index contributed by atoms with van der Waals surface area (Å²) in [4.78, 5) is 4.38. The van der Waals surface area contributed by atoms with Gasteiger partial charge in [0.1, 0.15) is 0 Å². The first-order valence-electron chi connectivity index (χ1n) is 6.56. The highest BCUT2D eigenvalue weighted by Crippen LogP contribution is 2.15. The van der Waals surface area contributed by atoms with Crippen LogP contribution in [0.3, 0.4) is 0 Å². The first kappa shape index (κ1) is 11.5. The van der Waals surface area contributed by atoms with Crippen molar-refractivity contribution in [1.82, 2.24) is 19.9 Å². The van der Waals surface area contributed by atoms with E-state index in [1.54, 1.807) is 10.7 Å². The Morgan fingerprint density at radius 2 is 2.44 bits per heavy atom. The number of ether oxygens (including phenoxy) is 1. The molecule has 1 unspecified atom stereocenters. The normalized spacial score (nSPS) is 20.1. The average Bonchev–Trinajstić information content (AvgIpc) is 2.87. The summed E-state index contributed by atoms with van der Waals surface area (Å²) in [5, 5.41) is 7.53. The number of fused-ring (bicyclic) bond motifs is 1. The van der Waals surface area contributed by atoms with E-state index in [0.717, 1.165) is 37.7 Å². The zero-order valence-corrected chi connectivity index (χ0v) is 10.4. The van der Waals surface area contributed by atoms with Crippen LogP contribution in [0, 0.1) is 5.92 Å². The highest BCUT2D eigenvalue weighted by Gasteiger charge is 2.12. The van der Waals surface area contributed by atoms with Crippen molar-refractivity contribution < 1.29 is 4.74 Å². The largest absolute Gasteiger partial charge is 0.478 e. The Bertz CT molecular complexity index is 504. The number of piperidine rings is 1. The van der Waals surface area contributed by atoms with Gasteiger partial charge in [-0.05, 0) is 38.3 Å². The van der Waals surface area contributed by atoms with Gasteiger partial charge < -0.3 is 10.1 Å². The van der Waals surface area contributed by atoms with Crippen molar-refractivity contribution in [2.75, 3.05) is 19.7 Å². The van der Waals surface area contributed by atoms with Crippen molar-refractivity contribution in [3.8, 4) is 5.88 Å². The van der Waals surface area contributed by atoms with Gasteiger partial charge in [-0.15, -0.1) is 0 Å². The topological polar surface area (TPSA) is 51.5 Å². The molecule has 3 heterocycles. The summed E-state index contributed by atoms with van der Waals surface area (Å²) >= 11 is 0. The lowest BCUT2D eigenvalue weighted by molar-refractivity contribution is 0.247. The molecule has 0 aromatic carbocycles. The molecule has 96 valence electrons. The second kappa shape index (κ2) is 5.35. The molecule has 0 amide bonds. The first-order chi connectivity index (χ1) is 8.92. The smallest absolute Gasteiger partial charge is 0.216 e. The van der Waals surface area contributed by atoms with Crippen molar-refractivity contribution in [2.24, 2.45) is 5.92 Å². The molecule has 2 aromatic heterocycles. The van der Waals surface area contributed by atoms with Crippen LogP contribution in [0.25, 0.3) is 5.65 Å². The third-order valence-corrected chi connectivity index (χ3v) is 3.41. The van der Waals surface area contributed by atoms with E-state index < -0.39 is 0 Å². The maximum absolute atomic E-state index is 5.71. The number of rotatable bonds is 4. The number of nitrogens with zero attached hydrogens (tertiary/aromatic N) is 3. The van der Waals surface area contributed by atoms with Crippen LogP contribution in [0.4, 0.5) is 0 Å². The monoisotopic (exact) mass is 246 g/mol. The second-order valence-corrected chi connectivity index (χ2v) is 4.75. The lowest BCUT2D eigenvalue weighted by Gasteiger charge is -2.22. The zero-order chi connectivity index (χ0) is 12.2. The Morgan fingerprint density at radius 1 is 1.44 bits per heavy atom. The van der Waals surface area contributed by atoms with Gasteiger partial charge in [0.05, 0.1) is 12.8 Å². The molecule has 1 atom stereocenters. The summed E-state index contributed by atoms with van der Waals surface area (Å²) in [5.41, 5.74) is 0.826. The number of hydrogen-bond donors (Lipinski definition) is 1. The van der Waals surface area contributed by atoms with Gasteiger partial charge in [0.2, 0.25) is 5.88 Å². The molecule has 0 bridgehead atoms. The predicted octanol–water partition coefficient (Wildman–Crippen LogP) is 1.50. The molecule has 1 fully saturated rings. The molecule has 1 saturated heterocycles. The highest BCUT2D eigenvalue weighted by molar-refractivity contribution is 5.37. The first-order valence-corrected chi connectivity index (χ1v) is 6.56. The van der Waals surface area contributed by atoms with E-state index in [9.17, 15) is 0 Å². The summed E-state index contributed by atoms with van der Waals surface area (Å²) in [6.45, 7) is 3.03. The molecular formula is C13H18N4O. The minimum atomic E-state index is 0.687. The summed E-state index contributed by atoms with van der Waals surface area (Å²) < 4.78 is 7.44. The number of nitrogens with one attached hydrogen (secondary N) is 1. The number of aromatic nitrogens is 3. The van der Waals surface area contributed by atoms with E-state index in [0.29, 0.717) is 5.88 Å². The van der Waals surface area contributed by atoms with Gasteiger partial charge in [-0.25, -0.2) is 4.52 Å². The molecule has 0 spiro atoms. The third kappa shape index (κ3) is 2.61. The second-order valence-electron chi connectivity index (χ2n) is 4.75. The SMILES string of the molecule is c1cc2nc(OCCC3CCCNC3)ccn2n1. The van der Waals surface area contributed by atoms with Crippen LogP contribution in [0.2, 0.25) is 0 Å². The molecule has 3 rings (SSSR count). The quantitative estimate of drug-likeness (QED) is 0.888. The van der Waals surface area contributed by atoms with Crippen LogP contribution in [0.15, 0.2) is 24.5 Å². The fraction of sp³-hybridized carbons (Fsp3) is 0.538. The lowest BCUT2D eigenvalue weighted by Crippen LogP contribution is -2.30. The summed E-state index contributed by atoms with van der Waals surface area (Å²) in [6, 6.07) is 3.73. The van der Waals surface area contributed by atoms with Gasteiger partial charge in [0, 0.05) is 18.3 Å². The van der Waals surface area contributed by atoms with Gasteiger partial charge in [-0.1, -0.05) is 0 Å². The number of hydrogen-bond acceptors (Lipinski definition) is 4. The third-order valence-electron chi connectivity index (χ3n) is 3.41. The standard InChI is InChI=1S/C13H18N4O/c1-2-11(10-14-6-1)5-9-18-13-4-8-17-12(16-13)3-7-15-17/h3-4,7-8,11,14H,1-2,5-6,9-10H2. The molecule has 5 heteroatoms. The maximum Gasteiger partial charge on any atom is 0.216 e. The Kier molecular flexibility index (Phi) is 3.41. The van der Waals surface area contributed by atoms with E-state index >= 15 is 0 Å². The van der Waals surface area contributed by atoms with Crippen LogP contribution in [0.1, 0.15) is 19.3 Å². The molecule has 0 saturated carbocycles. The van der Waals surface area contributed by atoms with Gasteiger partial charge >= 0.3 is 0 Å². The van der Waals surface area contributed by atoms with E-state index in [-0.39, 0.29) is 0 Å². The molecule has 1 N–H and O–H groups in total. The molecule has 5 nitrogen and oxygen atoms in total. The molecular weight excluding hydrogens is 228 g/mol. The molecule has 1 aliphatic rings. The Balaban J connectivity index is 1.52. The van der Waals surface area contributed by atoms with Crippen LogP contribution < -0.4 is 10.1 Å². The van der Waals surface area contributed by atoms with Crippen molar-refractivity contribution in [1.29, 1.82) is 0 Å². The van der Waals surface area contributed by atoms with E-state index in [1.165, 1.54) is 12.8 Å². The molecule has 1 aliphatic heterocycles. The van der Waals surface area contributed by atoms with E-state index in [1.807, 2.05) is 18.3 Å². The van der Waals surface area contributed by atoms with Crippen molar-refractivity contribution in [2.45, 2.75) is 19.3 Å². The molecule has 18 heavy (non-hydrogen) atoms. The van der Waals surface area contributed by atoms with Gasteiger partial charge in [0.15, 0.2) is 5.65 Å². The zero-order valence-electron chi connectivity index (χ0n) is 10.4. The Hall–Kier alpha value is -1.62. The van der Waals surface area contributed by atoms with E-state index in [2.05, 4.69) is 15.4 Å². The molecule has 2 aromatic rings. The summed E-state index contributed by atoms with van der Waals surface area (Å²) in [6.07, 6.45) is 7.30. The maximum atomic E-state index is 5.71. The van der Waals surface area contributed by atoms with E-state index in [4.69, 9.17) is 4.74 Å². The molecule has 0 aliphatic carbocycles. The predicted molar refractivity (Wildman–Crippen MR) is 68.7 cm³/mol.